The quantitative estimate of drug-likeness (QED) is 0.428. The first kappa shape index (κ1) is 21.2. The summed E-state index contributed by atoms with van der Waals surface area (Å²) in [5.74, 6) is -4.44. The van der Waals surface area contributed by atoms with Crippen molar-refractivity contribution in [1.82, 2.24) is 9.55 Å². The van der Waals surface area contributed by atoms with Gasteiger partial charge in [0.15, 0.2) is 12.0 Å². The molecule has 168 valence electrons. The van der Waals surface area contributed by atoms with Gasteiger partial charge >= 0.3 is 13.5 Å². The highest BCUT2D eigenvalue weighted by Gasteiger charge is 2.57. The number of nitrogens with one attached hydrogen (secondary N) is 1. The molecule has 1 saturated heterocycles. The first-order chi connectivity index (χ1) is 14.9. The maximum Gasteiger partial charge on any atom is 0.530 e. The van der Waals surface area contributed by atoms with E-state index in [0.29, 0.717) is 16.8 Å². The summed E-state index contributed by atoms with van der Waals surface area (Å²) in [5.41, 5.74) is -0.770. The molecule has 3 N–H and O–H groups in total. The molecule has 0 spiro atoms. The summed E-state index contributed by atoms with van der Waals surface area (Å²) in [7, 11) is -4.41. The number of halogens is 3. The lowest BCUT2D eigenvalue weighted by Crippen LogP contribution is -2.43. The summed E-state index contributed by atoms with van der Waals surface area (Å²) in [6, 6.07) is 4.33. The van der Waals surface area contributed by atoms with E-state index in [1.165, 1.54) is 18.2 Å². The lowest BCUT2D eigenvalue weighted by atomic mass is 10.1. The number of aromatic nitrogens is 2. The monoisotopic (exact) mass is 499 g/mol. The van der Waals surface area contributed by atoms with E-state index < -0.39 is 54.8 Å². The van der Waals surface area contributed by atoms with Crippen molar-refractivity contribution in [3.8, 4) is 5.75 Å². The molecule has 2 aliphatic heterocycles. The van der Waals surface area contributed by atoms with Gasteiger partial charge in [0.05, 0.1) is 14.2 Å². The number of rotatable bonds is 4. The summed E-state index contributed by atoms with van der Waals surface area (Å²) in [6.45, 7) is -1.59. The van der Waals surface area contributed by atoms with Gasteiger partial charge in [-0.15, -0.1) is 0 Å². The summed E-state index contributed by atoms with van der Waals surface area (Å²) in [4.78, 5) is 14.0. The van der Waals surface area contributed by atoms with Crippen molar-refractivity contribution in [3.63, 3.8) is 0 Å². The fraction of sp³-hybridized carbons (Fsp3) is 0.375. The number of hydrogen-bond donors (Lipinski definition) is 3. The van der Waals surface area contributed by atoms with Crippen LogP contribution in [0.1, 0.15) is 13.1 Å². The molecule has 0 bridgehead atoms. The number of ether oxygens (including phenoxy) is 1. The first-order valence-corrected chi connectivity index (χ1v) is 10.8. The second-order valence-electron chi connectivity index (χ2n) is 6.56. The van der Waals surface area contributed by atoms with Gasteiger partial charge in [-0.3, -0.25) is 18.6 Å². The molecule has 1 aromatic heterocycles. The number of phosphoric ester groups is 1. The molecular weight excluding hydrogens is 485 g/mol. The van der Waals surface area contributed by atoms with Crippen LogP contribution >= 0.6 is 31.6 Å². The molecule has 4 rings (SSSR count). The Morgan fingerprint density at radius 1 is 1.52 bits per heavy atom. The van der Waals surface area contributed by atoms with Crippen LogP contribution in [-0.2, 0) is 25.0 Å². The third kappa shape index (κ3) is 4.20. The minimum atomic E-state index is -4.41. The Balaban J connectivity index is 1.56. The largest absolute Gasteiger partial charge is 0.530 e. The second-order valence-corrected chi connectivity index (χ2v) is 9.00. The van der Waals surface area contributed by atoms with Crippen LogP contribution in [0.25, 0.3) is 0 Å². The third-order valence-electron chi connectivity index (χ3n) is 4.43. The maximum absolute atomic E-state index is 15.4. The van der Waals surface area contributed by atoms with Crippen molar-refractivity contribution in [2.45, 2.75) is 30.9 Å². The number of H-pyrrole nitrogens is 1. The highest BCUT2D eigenvalue weighted by molar-refractivity contribution is 7.71. The van der Waals surface area contributed by atoms with E-state index in [9.17, 15) is 24.0 Å². The zero-order valence-corrected chi connectivity index (χ0v) is 17.6. The van der Waals surface area contributed by atoms with Crippen LogP contribution in [-0.4, -0.2) is 44.4 Å². The predicted molar refractivity (Wildman–Crippen MR) is 102 cm³/mol. The number of aliphatic hydroxyl groups is 2. The van der Waals surface area contributed by atoms with E-state index in [1.807, 2.05) is 4.98 Å². The molecule has 0 amide bonds. The van der Waals surface area contributed by atoms with E-state index in [1.54, 1.807) is 0 Å². The number of aromatic amines is 1. The maximum atomic E-state index is 15.4. The van der Waals surface area contributed by atoms with Crippen LogP contribution in [0, 0.1) is 10.5 Å². The van der Waals surface area contributed by atoms with Gasteiger partial charge in [-0.2, -0.15) is 0 Å². The van der Waals surface area contributed by atoms with Crippen molar-refractivity contribution in [2.24, 2.45) is 0 Å². The SMILES string of the molecule is [2H][C@@]1(n2cc(F)c(=S)[nH]c2=O)O[C@](F)(COP2(=O)OCc3cc(Cl)ccc3O2)[C@@H](O)[C@H]1O. The Hall–Kier alpha value is -1.70. The van der Waals surface area contributed by atoms with Gasteiger partial charge in [-0.25, -0.2) is 18.1 Å². The molecule has 5 atom stereocenters. The summed E-state index contributed by atoms with van der Waals surface area (Å²) < 4.78 is 69.5. The molecular formula is C16H14ClF2N2O8PS. The lowest BCUT2D eigenvalue weighted by Gasteiger charge is -2.28. The molecule has 0 radical (unpaired) electrons. The number of fused-ring (bicyclic) bond motifs is 1. The number of nitrogens with zero attached hydrogens (tertiary/aromatic N) is 1. The van der Waals surface area contributed by atoms with Gasteiger partial charge in [0.1, 0.15) is 29.2 Å². The lowest BCUT2D eigenvalue weighted by molar-refractivity contribution is -0.205. The zero-order chi connectivity index (χ0) is 23.5. The van der Waals surface area contributed by atoms with Crippen LogP contribution in [0.4, 0.5) is 8.78 Å². The van der Waals surface area contributed by atoms with E-state index in [0.717, 1.165) is 0 Å². The van der Waals surface area contributed by atoms with E-state index >= 15 is 4.39 Å². The Morgan fingerprint density at radius 3 is 3.00 bits per heavy atom. The molecule has 0 saturated carbocycles. The fourth-order valence-electron chi connectivity index (χ4n) is 2.86. The van der Waals surface area contributed by atoms with Gasteiger partial charge < -0.3 is 19.5 Å². The number of aliphatic hydroxyl groups excluding tert-OH is 2. The first-order valence-electron chi connectivity index (χ1n) is 9.01. The summed E-state index contributed by atoms with van der Waals surface area (Å²) >= 11 is 10.4. The standard InChI is InChI=1S/C16H14ClF2N2O8PS/c17-8-1-2-10-7(3-8)5-26-30(25,29-10)27-6-16(19)12(23)11(22)14(28-16)21-4-9(18)13(31)20-15(21)24/h1-4,11-12,14,22-23H,5-6H2,(H,20,24,31)/t11-,12+,14-,16-,30?/m1/s1/i14D. The minimum absolute atomic E-state index is 0.0984. The summed E-state index contributed by atoms with van der Waals surface area (Å²) in [6.07, 6.45) is -7.48. The van der Waals surface area contributed by atoms with Gasteiger partial charge in [0, 0.05) is 10.6 Å². The molecule has 3 heterocycles. The molecule has 0 aliphatic carbocycles. The van der Waals surface area contributed by atoms with Gasteiger partial charge in [-0.1, -0.05) is 23.8 Å². The average Bonchev–Trinajstić information content (AvgIpc) is 2.91. The highest BCUT2D eigenvalue weighted by atomic mass is 35.5. The topological polar surface area (TPSA) is 132 Å². The molecule has 1 aromatic carbocycles. The van der Waals surface area contributed by atoms with Crippen molar-refractivity contribution in [1.29, 1.82) is 0 Å². The van der Waals surface area contributed by atoms with E-state index in [-0.39, 0.29) is 16.9 Å². The van der Waals surface area contributed by atoms with Gasteiger partial charge in [0.25, 0.3) is 5.85 Å². The predicted octanol–water partition coefficient (Wildman–Crippen LogP) is 2.35. The van der Waals surface area contributed by atoms with Gasteiger partial charge in [0.2, 0.25) is 0 Å². The summed E-state index contributed by atoms with van der Waals surface area (Å²) in [5, 5.41) is 20.7. The number of alkyl halides is 1. The Kier molecular flexibility index (Phi) is 5.47. The Bertz CT molecular complexity index is 1250. The van der Waals surface area contributed by atoms with Crippen LogP contribution in [0.15, 0.2) is 29.2 Å². The van der Waals surface area contributed by atoms with E-state index in [2.05, 4.69) is 12.2 Å². The minimum Gasteiger partial charge on any atom is -0.404 e. The molecule has 10 nitrogen and oxygen atoms in total. The fourth-order valence-corrected chi connectivity index (χ4v) is 4.42. The number of benzene rings is 1. The van der Waals surface area contributed by atoms with Crippen molar-refractivity contribution >= 4 is 31.6 Å². The van der Waals surface area contributed by atoms with Crippen molar-refractivity contribution < 1.29 is 43.2 Å². The molecule has 31 heavy (non-hydrogen) atoms. The molecule has 1 fully saturated rings. The number of hydrogen-bond acceptors (Lipinski definition) is 9. The van der Waals surface area contributed by atoms with Crippen LogP contribution in [0.5, 0.6) is 5.75 Å². The van der Waals surface area contributed by atoms with Crippen LogP contribution in [0.2, 0.25) is 5.02 Å². The molecule has 1 unspecified atom stereocenters. The smallest absolute Gasteiger partial charge is 0.404 e. The molecule has 15 heteroatoms. The normalized spacial score (nSPS) is 35.3. The Labute approximate surface area is 183 Å². The Morgan fingerprint density at radius 2 is 2.26 bits per heavy atom. The number of phosphoric acid groups is 1. The van der Waals surface area contributed by atoms with Crippen LogP contribution in [0.3, 0.4) is 0 Å². The van der Waals surface area contributed by atoms with Crippen molar-refractivity contribution in [2.75, 3.05) is 6.61 Å². The zero-order valence-electron chi connectivity index (χ0n) is 16.2. The third-order valence-corrected chi connectivity index (χ3v) is 6.28. The second kappa shape index (κ2) is 8.01. The van der Waals surface area contributed by atoms with Crippen LogP contribution < -0.4 is 10.2 Å². The average molecular weight is 500 g/mol. The highest BCUT2D eigenvalue weighted by Crippen LogP contribution is 2.56. The molecule has 2 aromatic rings. The van der Waals surface area contributed by atoms with E-state index in [4.69, 9.17) is 31.3 Å². The van der Waals surface area contributed by atoms with Gasteiger partial charge in [-0.05, 0) is 18.2 Å². The molecule has 2 aliphatic rings. The van der Waals surface area contributed by atoms with Crippen molar-refractivity contribution in [3.05, 3.63) is 55.9 Å².